The van der Waals surface area contributed by atoms with Gasteiger partial charge in [-0.15, -0.1) is 0 Å². The number of carbonyl (C=O) groups is 1. The van der Waals surface area contributed by atoms with Crippen molar-refractivity contribution in [1.82, 2.24) is 4.98 Å². The number of amides is 1. The first kappa shape index (κ1) is 17.1. The SMILES string of the molecule is Cc1nc(C(C)(C)C)oc1CCC(=O)Nc1ccc(F)cc1F. The van der Waals surface area contributed by atoms with Crippen LogP contribution in [0.4, 0.5) is 14.5 Å². The normalized spacial score (nSPS) is 11.6. The van der Waals surface area contributed by atoms with E-state index in [9.17, 15) is 13.6 Å². The van der Waals surface area contributed by atoms with E-state index in [0.717, 1.165) is 17.8 Å². The molecule has 2 rings (SSSR count). The van der Waals surface area contributed by atoms with E-state index in [0.29, 0.717) is 18.1 Å². The molecule has 23 heavy (non-hydrogen) atoms. The van der Waals surface area contributed by atoms with Crippen molar-refractivity contribution in [3.05, 3.63) is 47.2 Å². The third kappa shape index (κ3) is 4.37. The first-order chi connectivity index (χ1) is 10.7. The molecule has 0 aliphatic heterocycles. The van der Waals surface area contributed by atoms with Crippen molar-refractivity contribution in [1.29, 1.82) is 0 Å². The van der Waals surface area contributed by atoms with Gasteiger partial charge in [0.1, 0.15) is 17.4 Å². The molecule has 0 fully saturated rings. The van der Waals surface area contributed by atoms with Gasteiger partial charge in [-0.1, -0.05) is 20.8 Å². The number of hydrogen-bond acceptors (Lipinski definition) is 3. The number of aryl methyl sites for hydroxylation is 2. The van der Waals surface area contributed by atoms with Crippen molar-refractivity contribution in [2.45, 2.75) is 46.0 Å². The molecular formula is C17H20F2N2O2. The lowest BCUT2D eigenvalue weighted by Crippen LogP contribution is -2.13. The summed E-state index contributed by atoms with van der Waals surface area (Å²) in [6.45, 7) is 7.80. The zero-order valence-corrected chi connectivity index (χ0v) is 13.7. The van der Waals surface area contributed by atoms with E-state index in [-0.39, 0.29) is 23.4 Å². The molecule has 0 atom stereocenters. The Bertz CT molecular complexity index is 718. The molecule has 0 unspecified atom stereocenters. The molecule has 1 aromatic heterocycles. The van der Waals surface area contributed by atoms with Gasteiger partial charge in [0.2, 0.25) is 5.91 Å². The maximum atomic E-state index is 13.5. The number of rotatable bonds is 4. The number of carbonyl (C=O) groups excluding carboxylic acids is 1. The lowest BCUT2D eigenvalue weighted by atomic mass is 9.97. The molecule has 0 aliphatic carbocycles. The minimum atomic E-state index is -0.802. The summed E-state index contributed by atoms with van der Waals surface area (Å²) in [5.41, 5.74) is 0.499. The van der Waals surface area contributed by atoms with Crippen LogP contribution < -0.4 is 5.32 Å². The Balaban J connectivity index is 1.98. The topological polar surface area (TPSA) is 55.1 Å². The predicted octanol–water partition coefficient (Wildman–Crippen LogP) is 4.13. The number of nitrogens with one attached hydrogen (secondary N) is 1. The summed E-state index contributed by atoms with van der Waals surface area (Å²) >= 11 is 0. The third-order valence-electron chi connectivity index (χ3n) is 3.32. The predicted molar refractivity (Wildman–Crippen MR) is 83.2 cm³/mol. The number of nitrogens with zero attached hydrogens (tertiary/aromatic N) is 1. The van der Waals surface area contributed by atoms with Crippen LogP contribution in [0.3, 0.4) is 0 Å². The Labute approximate surface area is 133 Å². The Morgan fingerprint density at radius 3 is 2.57 bits per heavy atom. The van der Waals surface area contributed by atoms with Crippen LogP contribution in [0.1, 0.15) is 44.5 Å². The second kappa shape index (κ2) is 6.48. The summed E-state index contributed by atoms with van der Waals surface area (Å²) in [6, 6.07) is 3.01. The molecule has 0 radical (unpaired) electrons. The summed E-state index contributed by atoms with van der Waals surface area (Å²) in [7, 11) is 0. The van der Waals surface area contributed by atoms with E-state index in [2.05, 4.69) is 10.3 Å². The summed E-state index contributed by atoms with van der Waals surface area (Å²) in [5, 5.41) is 2.42. The van der Waals surface area contributed by atoms with E-state index in [4.69, 9.17) is 4.42 Å². The summed E-state index contributed by atoms with van der Waals surface area (Å²) in [4.78, 5) is 16.3. The molecule has 0 aliphatic rings. The Morgan fingerprint density at radius 1 is 1.30 bits per heavy atom. The van der Waals surface area contributed by atoms with Gasteiger partial charge in [-0.3, -0.25) is 4.79 Å². The molecule has 6 heteroatoms. The smallest absolute Gasteiger partial charge is 0.224 e. The molecule has 1 N–H and O–H groups in total. The first-order valence-corrected chi connectivity index (χ1v) is 7.38. The minimum absolute atomic E-state index is 0.0407. The molecule has 124 valence electrons. The van der Waals surface area contributed by atoms with Crippen molar-refractivity contribution in [2.75, 3.05) is 5.32 Å². The van der Waals surface area contributed by atoms with Crippen molar-refractivity contribution < 1.29 is 18.0 Å². The molecule has 1 heterocycles. The molecule has 0 saturated carbocycles. The average Bonchev–Trinajstić information content (AvgIpc) is 2.81. The number of hydrogen-bond donors (Lipinski definition) is 1. The third-order valence-corrected chi connectivity index (χ3v) is 3.32. The first-order valence-electron chi connectivity index (χ1n) is 7.38. The molecule has 0 spiro atoms. The molecule has 2 aromatic rings. The van der Waals surface area contributed by atoms with Crippen LogP contribution in [0.2, 0.25) is 0 Å². The van der Waals surface area contributed by atoms with Gasteiger partial charge in [0.25, 0.3) is 0 Å². The zero-order valence-electron chi connectivity index (χ0n) is 13.7. The van der Waals surface area contributed by atoms with Gasteiger partial charge in [-0.05, 0) is 19.1 Å². The van der Waals surface area contributed by atoms with Crippen molar-refractivity contribution in [3.8, 4) is 0 Å². The summed E-state index contributed by atoms with van der Waals surface area (Å²) in [6.07, 6.45) is 0.486. The van der Waals surface area contributed by atoms with Crippen LogP contribution >= 0.6 is 0 Å². The van der Waals surface area contributed by atoms with Crippen molar-refractivity contribution in [2.24, 2.45) is 0 Å². The van der Waals surface area contributed by atoms with E-state index >= 15 is 0 Å². The van der Waals surface area contributed by atoms with Gasteiger partial charge < -0.3 is 9.73 Å². The van der Waals surface area contributed by atoms with Crippen LogP contribution in [0, 0.1) is 18.6 Å². The highest BCUT2D eigenvalue weighted by molar-refractivity contribution is 5.90. The van der Waals surface area contributed by atoms with Gasteiger partial charge in [-0.25, -0.2) is 13.8 Å². The molecule has 1 amide bonds. The van der Waals surface area contributed by atoms with Crippen molar-refractivity contribution >= 4 is 11.6 Å². The maximum Gasteiger partial charge on any atom is 0.224 e. The number of benzene rings is 1. The highest BCUT2D eigenvalue weighted by Gasteiger charge is 2.22. The number of halogens is 2. The summed E-state index contributed by atoms with van der Waals surface area (Å²) < 4.78 is 32.0. The monoisotopic (exact) mass is 322 g/mol. The Morgan fingerprint density at radius 2 is 2.00 bits per heavy atom. The molecule has 4 nitrogen and oxygen atoms in total. The number of aromatic nitrogens is 1. The second-order valence-corrected chi connectivity index (χ2v) is 6.45. The van der Waals surface area contributed by atoms with Gasteiger partial charge >= 0.3 is 0 Å². The van der Waals surface area contributed by atoms with E-state index < -0.39 is 11.6 Å². The van der Waals surface area contributed by atoms with E-state index in [1.807, 2.05) is 27.7 Å². The lowest BCUT2D eigenvalue weighted by molar-refractivity contribution is -0.116. The van der Waals surface area contributed by atoms with E-state index in [1.165, 1.54) is 6.07 Å². The van der Waals surface area contributed by atoms with Gasteiger partial charge in [0, 0.05) is 24.3 Å². The maximum absolute atomic E-state index is 13.5. The number of oxazole rings is 1. The fourth-order valence-corrected chi connectivity index (χ4v) is 2.01. The largest absolute Gasteiger partial charge is 0.445 e. The van der Waals surface area contributed by atoms with Gasteiger partial charge in [0.15, 0.2) is 5.89 Å². The fourth-order valence-electron chi connectivity index (χ4n) is 2.01. The van der Waals surface area contributed by atoms with Crippen LogP contribution in [-0.4, -0.2) is 10.9 Å². The lowest BCUT2D eigenvalue weighted by Gasteiger charge is -2.12. The molecule has 1 aromatic carbocycles. The highest BCUT2D eigenvalue weighted by Crippen LogP contribution is 2.24. The number of anilines is 1. The van der Waals surface area contributed by atoms with Gasteiger partial charge in [-0.2, -0.15) is 0 Å². The Kier molecular flexibility index (Phi) is 4.82. The molecule has 0 bridgehead atoms. The second-order valence-electron chi connectivity index (χ2n) is 6.45. The highest BCUT2D eigenvalue weighted by atomic mass is 19.1. The van der Waals surface area contributed by atoms with Crippen LogP contribution in [0.15, 0.2) is 22.6 Å². The van der Waals surface area contributed by atoms with Crippen LogP contribution in [0.5, 0.6) is 0 Å². The Hall–Kier alpha value is -2.24. The van der Waals surface area contributed by atoms with Crippen molar-refractivity contribution in [3.63, 3.8) is 0 Å². The fraction of sp³-hybridized carbons (Fsp3) is 0.412. The van der Waals surface area contributed by atoms with E-state index in [1.54, 1.807) is 0 Å². The molecular weight excluding hydrogens is 302 g/mol. The van der Waals surface area contributed by atoms with Crippen LogP contribution in [0.25, 0.3) is 0 Å². The quantitative estimate of drug-likeness (QED) is 0.921. The minimum Gasteiger partial charge on any atom is -0.445 e. The zero-order chi connectivity index (χ0) is 17.2. The standard InChI is InChI=1S/C17H20F2N2O2/c1-10-14(23-16(20-10)17(2,3)4)7-8-15(22)21-13-6-5-11(18)9-12(13)19/h5-6,9H,7-8H2,1-4H3,(H,21,22). The molecule has 0 saturated heterocycles. The average molecular weight is 322 g/mol. The van der Waals surface area contributed by atoms with Crippen LogP contribution in [-0.2, 0) is 16.6 Å². The summed E-state index contributed by atoms with van der Waals surface area (Å²) in [5.74, 6) is -0.597. The van der Waals surface area contributed by atoms with Gasteiger partial charge in [0.05, 0.1) is 11.4 Å².